The molecule has 7 nitrogen and oxygen atoms in total. The predicted octanol–water partition coefficient (Wildman–Crippen LogP) is 2.09. The lowest BCUT2D eigenvalue weighted by Gasteiger charge is -2.35. The Morgan fingerprint density at radius 3 is 3.00 bits per heavy atom. The number of para-hydroxylation sites is 2. The second-order valence-corrected chi connectivity index (χ2v) is 6.68. The van der Waals surface area contributed by atoms with Gasteiger partial charge in [0.2, 0.25) is 0 Å². The molecule has 1 aliphatic heterocycles. The van der Waals surface area contributed by atoms with E-state index in [1.54, 1.807) is 25.2 Å². The topological polar surface area (TPSA) is 87.3 Å². The molecule has 0 aliphatic carbocycles. The molecule has 138 valence electrons. The van der Waals surface area contributed by atoms with Crippen LogP contribution in [-0.4, -0.2) is 35.6 Å². The third kappa shape index (κ3) is 3.33. The Morgan fingerprint density at radius 1 is 1.37 bits per heavy atom. The van der Waals surface area contributed by atoms with Crippen molar-refractivity contribution < 1.29 is 9.53 Å². The highest BCUT2D eigenvalue weighted by atomic mass is 35.5. The summed E-state index contributed by atoms with van der Waals surface area (Å²) in [4.78, 5) is 33.8. The largest absolute Gasteiger partial charge is 0.477 e. The van der Waals surface area contributed by atoms with E-state index in [0.717, 1.165) is 5.69 Å². The number of fused-ring (bicyclic) bond motifs is 2. The quantitative estimate of drug-likeness (QED) is 0.722. The lowest BCUT2D eigenvalue weighted by molar-refractivity contribution is -0.127. The highest BCUT2D eigenvalue weighted by molar-refractivity contribution is 6.31. The number of hydrogen-bond donors (Lipinski definition) is 2. The van der Waals surface area contributed by atoms with E-state index in [1.165, 1.54) is 0 Å². The smallest absolute Gasteiger partial charge is 0.262 e. The molecule has 3 aromatic rings. The van der Waals surface area contributed by atoms with Crippen LogP contribution in [-0.2, 0) is 11.3 Å². The second-order valence-electron chi connectivity index (χ2n) is 6.24. The summed E-state index contributed by atoms with van der Waals surface area (Å²) >= 11 is 6.03. The van der Waals surface area contributed by atoms with E-state index in [9.17, 15) is 9.59 Å². The molecule has 8 heteroatoms. The zero-order valence-corrected chi connectivity index (χ0v) is 15.3. The third-order valence-electron chi connectivity index (χ3n) is 4.46. The molecule has 0 saturated heterocycles. The van der Waals surface area contributed by atoms with Crippen molar-refractivity contribution in [1.29, 1.82) is 0 Å². The number of aromatic nitrogens is 2. The zero-order chi connectivity index (χ0) is 19.0. The highest BCUT2D eigenvalue weighted by Crippen LogP contribution is 2.33. The predicted molar refractivity (Wildman–Crippen MR) is 103 cm³/mol. The number of hydrogen-bond acceptors (Lipinski definition) is 5. The van der Waals surface area contributed by atoms with Gasteiger partial charge >= 0.3 is 0 Å². The van der Waals surface area contributed by atoms with E-state index in [2.05, 4.69) is 15.3 Å². The monoisotopic (exact) mass is 384 g/mol. The maximum atomic E-state index is 12.4. The van der Waals surface area contributed by atoms with E-state index in [4.69, 9.17) is 16.3 Å². The van der Waals surface area contributed by atoms with Crippen LogP contribution in [0.3, 0.4) is 0 Å². The van der Waals surface area contributed by atoms with Crippen molar-refractivity contribution in [2.75, 3.05) is 18.5 Å². The zero-order valence-electron chi connectivity index (χ0n) is 14.5. The van der Waals surface area contributed by atoms with Crippen molar-refractivity contribution in [2.45, 2.75) is 12.6 Å². The van der Waals surface area contributed by atoms with E-state index < -0.39 is 6.10 Å². The number of nitrogens with zero attached hydrogens (tertiary/aromatic N) is 2. The SMILES string of the molecule is CNC(=O)[C@H]1CN(Cc2nc3cc(Cl)ccc3c(=O)[nH]2)c2ccccc2O1. The molecular weight excluding hydrogens is 368 g/mol. The maximum absolute atomic E-state index is 12.4. The average Bonchev–Trinajstić information content (AvgIpc) is 2.67. The van der Waals surface area contributed by atoms with Gasteiger partial charge in [0.15, 0.2) is 6.10 Å². The summed E-state index contributed by atoms with van der Waals surface area (Å²) in [5.74, 6) is 0.895. The van der Waals surface area contributed by atoms with Crippen LogP contribution in [0.1, 0.15) is 5.82 Å². The molecule has 1 atom stereocenters. The summed E-state index contributed by atoms with van der Waals surface area (Å²) in [5, 5.41) is 3.61. The Bertz CT molecular complexity index is 1080. The molecule has 1 amide bonds. The van der Waals surface area contributed by atoms with Crippen molar-refractivity contribution in [1.82, 2.24) is 15.3 Å². The average molecular weight is 385 g/mol. The first kappa shape index (κ1) is 17.4. The number of halogens is 1. The third-order valence-corrected chi connectivity index (χ3v) is 4.69. The number of rotatable bonds is 3. The van der Waals surface area contributed by atoms with Gasteiger partial charge in [0.25, 0.3) is 11.5 Å². The Kier molecular flexibility index (Phi) is 4.45. The number of carbonyl (C=O) groups is 1. The fraction of sp³-hybridized carbons (Fsp3) is 0.211. The minimum absolute atomic E-state index is 0.207. The Morgan fingerprint density at radius 2 is 2.19 bits per heavy atom. The van der Waals surface area contributed by atoms with Crippen LogP contribution in [0.25, 0.3) is 10.9 Å². The number of ether oxygens (including phenoxy) is 1. The van der Waals surface area contributed by atoms with E-state index in [1.807, 2.05) is 29.2 Å². The molecule has 27 heavy (non-hydrogen) atoms. The fourth-order valence-corrected chi connectivity index (χ4v) is 3.34. The summed E-state index contributed by atoms with van der Waals surface area (Å²) in [7, 11) is 1.57. The van der Waals surface area contributed by atoms with Crippen LogP contribution in [0.5, 0.6) is 5.75 Å². The van der Waals surface area contributed by atoms with Crippen molar-refractivity contribution >= 4 is 34.1 Å². The molecular formula is C19H17ClN4O3. The minimum Gasteiger partial charge on any atom is -0.477 e. The Balaban J connectivity index is 1.71. The highest BCUT2D eigenvalue weighted by Gasteiger charge is 2.30. The molecule has 0 bridgehead atoms. The van der Waals surface area contributed by atoms with Gasteiger partial charge in [0, 0.05) is 12.1 Å². The van der Waals surface area contributed by atoms with E-state index in [0.29, 0.717) is 40.6 Å². The lowest BCUT2D eigenvalue weighted by Crippen LogP contribution is -2.48. The van der Waals surface area contributed by atoms with Gasteiger partial charge in [-0.2, -0.15) is 0 Å². The summed E-state index contributed by atoms with van der Waals surface area (Å²) in [6, 6.07) is 12.4. The number of aromatic amines is 1. The van der Waals surface area contributed by atoms with Gasteiger partial charge < -0.3 is 19.9 Å². The molecule has 4 rings (SSSR count). The Hall–Kier alpha value is -3.06. The van der Waals surface area contributed by atoms with E-state index >= 15 is 0 Å². The molecule has 0 spiro atoms. The summed E-state index contributed by atoms with van der Waals surface area (Å²) < 4.78 is 5.80. The van der Waals surface area contributed by atoms with Gasteiger partial charge in [0.05, 0.1) is 29.7 Å². The first-order chi connectivity index (χ1) is 13.0. The number of amides is 1. The van der Waals surface area contributed by atoms with Crippen molar-refractivity contribution in [3.05, 3.63) is 63.7 Å². The summed E-state index contributed by atoms with van der Waals surface area (Å²) in [6.07, 6.45) is -0.647. The van der Waals surface area contributed by atoms with Crippen LogP contribution in [0.2, 0.25) is 5.02 Å². The number of nitrogens with one attached hydrogen (secondary N) is 2. The van der Waals surface area contributed by atoms with Gasteiger partial charge in [-0.1, -0.05) is 23.7 Å². The van der Waals surface area contributed by atoms with Crippen LogP contribution in [0.15, 0.2) is 47.3 Å². The molecule has 0 unspecified atom stereocenters. The van der Waals surface area contributed by atoms with Crippen LogP contribution < -0.4 is 20.5 Å². The lowest BCUT2D eigenvalue weighted by atomic mass is 10.1. The van der Waals surface area contributed by atoms with E-state index in [-0.39, 0.29) is 11.5 Å². The van der Waals surface area contributed by atoms with Crippen LogP contribution in [0, 0.1) is 0 Å². The summed E-state index contributed by atoms with van der Waals surface area (Å²) in [5.41, 5.74) is 1.15. The van der Waals surface area contributed by atoms with Gasteiger partial charge in [-0.3, -0.25) is 9.59 Å². The molecule has 0 saturated carbocycles. The first-order valence-electron chi connectivity index (χ1n) is 8.46. The maximum Gasteiger partial charge on any atom is 0.262 e. The molecule has 2 aromatic carbocycles. The number of anilines is 1. The molecule has 2 heterocycles. The van der Waals surface area contributed by atoms with Crippen molar-refractivity contribution in [3.8, 4) is 5.75 Å². The fourth-order valence-electron chi connectivity index (χ4n) is 3.17. The van der Waals surface area contributed by atoms with Crippen molar-refractivity contribution in [2.24, 2.45) is 0 Å². The minimum atomic E-state index is -0.647. The standard InChI is InChI=1S/C19H17ClN4O3/c1-21-19(26)16-9-24(14-4-2-3-5-15(14)27-16)10-17-22-13-8-11(20)6-7-12(13)18(25)23-17/h2-8,16H,9-10H2,1H3,(H,21,26)(H,22,23,25)/t16-/m1/s1. The molecule has 0 fully saturated rings. The first-order valence-corrected chi connectivity index (χ1v) is 8.83. The molecule has 2 N–H and O–H groups in total. The number of H-pyrrole nitrogens is 1. The number of carbonyl (C=O) groups excluding carboxylic acids is 1. The number of likely N-dealkylation sites (N-methyl/N-ethyl adjacent to an activating group) is 1. The van der Waals surface area contributed by atoms with Crippen LogP contribution >= 0.6 is 11.6 Å². The second kappa shape index (κ2) is 6.92. The summed E-state index contributed by atoms with van der Waals surface area (Å²) in [6.45, 7) is 0.666. The van der Waals surface area contributed by atoms with Crippen molar-refractivity contribution in [3.63, 3.8) is 0 Å². The molecule has 1 aromatic heterocycles. The van der Waals surface area contributed by atoms with Gasteiger partial charge in [-0.05, 0) is 30.3 Å². The van der Waals surface area contributed by atoms with Crippen LogP contribution in [0.4, 0.5) is 5.69 Å². The van der Waals surface area contributed by atoms with Gasteiger partial charge in [0.1, 0.15) is 11.6 Å². The van der Waals surface area contributed by atoms with Gasteiger partial charge in [-0.25, -0.2) is 4.98 Å². The normalized spacial score (nSPS) is 15.9. The molecule has 1 aliphatic rings. The molecule has 0 radical (unpaired) electrons. The Labute approximate surface area is 159 Å². The van der Waals surface area contributed by atoms with Gasteiger partial charge in [-0.15, -0.1) is 0 Å². The number of benzene rings is 2.